The van der Waals surface area contributed by atoms with Crippen LogP contribution < -0.4 is 0 Å². The maximum Gasteiger partial charge on any atom is 2.00 e. The van der Waals surface area contributed by atoms with Crippen LogP contribution in [0.4, 0.5) is 0 Å². The van der Waals surface area contributed by atoms with Gasteiger partial charge in [0.05, 0.1) is 0 Å². The Bertz CT molecular complexity index is 584. The summed E-state index contributed by atoms with van der Waals surface area (Å²) in [5, 5.41) is 0. The number of fused-ring (bicyclic) bond motifs is 1. The van der Waals surface area contributed by atoms with Gasteiger partial charge >= 0.3 is 26.2 Å². The number of allylic oxidation sites excluding steroid dienone is 1. The molecule has 0 amide bonds. The minimum Gasteiger partial charge on any atom is -0.245 e. The van der Waals surface area contributed by atoms with Crippen molar-refractivity contribution in [3.05, 3.63) is 85.7 Å². The van der Waals surface area contributed by atoms with Crippen LogP contribution in [-0.4, -0.2) is 0 Å². The van der Waals surface area contributed by atoms with Crippen molar-refractivity contribution in [1.82, 2.24) is 0 Å². The second kappa shape index (κ2) is 9.06. The van der Waals surface area contributed by atoms with Gasteiger partial charge in [-0.3, -0.25) is 0 Å². The molecule has 0 fully saturated rings. The Balaban J connectivity index is 0.000000562. The van der Waals surface area contributed by atoms with Crippen LogP contribution in [0.3, 0.4) is 0 Å². The molecule has 0 aliphatic heterocycles. The van der Waals surface area contributed by atoms with E-state index in [4.69, 9.17) is 0 Å². The molecule has 0 aromatic heterocycles. The standard InChI is InChI=1S/C18H19.C3H5.Zr/c1-13(2)16-11-15-9-6-10-17(18(15)12-16)14-7-4-3-5-8-14;1-3-2;/h3-11,13,16H,12H2,1-2H3;3H,1-2H2;/q2*-1;+2. The maximum atomic E-state index is 3.25. The number of hydrogen-bond donors (Lipinski definition) is 0. The molecule has 1 aliphatic carbocycles. The van der Waals surface area contributed by atoms with E-state index in [1.165, 1.54) is 34.8 Å². The van der Waals surface area contributed by atoms with E-state index in [9.17, 15) is 0 Å². The summed E-state index contributed by atoms with van der Waals surface area (Å²) in [5.41, 5.74) is 5.72. The second-order valence-corrected chi connectivity index (χ2v) is 5.81. The topological polar surface area (TPSA) is 0 Å². The van der Waals surface area contributed by atoms with E-state index in [1.807, 2.05) is 0 Å². The Kier molecular flexibility index (Phi) is 7.76. The predicted molar refractivity (Wildman–Crippen MR) is 92.9 cm³/mol. The number of rotatable bonds is 2. The van der Waals surface area contributed by atoms with E-state index in [0.717, 1.165) is 5.92 Å². The van der Waals surface area contributed by atoms with Gasteiger partial charge < -0.3 is 0 Å². The van der Waals surface area contributed by atoms with Gasteiger partial charge in [0.15, 0.2) is 0 Å². The molecule has 0 N–H and O–H groups in total. The van der Waals surface area contributed by atoms with Crippen LogP contribution in [0.5, 0.6) is 0 Å². The number of hydrogen-bond acceptors (Lipinski definition) is 0. The molecule has 0 spiro atoms. The summed E-state index contributed by atoms with van der Waals surface area (Å²) in [5.74, 6) is 1.42. The van der Waals surface area contributed by atoms with Gasteiger partial charge in [-0.15, -0.1) is 11.6 Å². The third kappa shape index (κ3) is 4.40. The van der Waals surface area contributed by atoms with E-state index in [0.29, 0.717) is 5.92 Å². The van der Waals surface area contributed by atoms with Crippen molar-refractivity contribution < 1.29 is 26.2 Å². The van der Waals surface area contributed by atoms with Gasteiger partial charge in [-0.1, -0.05) is 74.1 Å². The van der Waals surface area contributed by atoms with Gasteiger partial charge in [-0.05, 0) is 5.56 Å². The van der Waals surface area contributed by atoms with Gasteiger partial charge in [0.2, 0.25) is 0 Å². The fourth-order valence-corrected chi connectivity index (χ4v) is 2.83. The zero-order valence-corrected chi connectivity index (χ0v) is 16.0. The fraction of sp³-hybridized carbons (Fsp3) is 0.238. The summed E-state index contributed by atoms with van der Waals surface area (Å²) >= 11 is 0. The van der Waals surface area contributed by atoms with Crippen molar-refractivity contribution in [1.29, 1.82) is 0 Å². The smallest absolute Gasteiger partial charge is 0.245 e. The molecule has 3 rings (SSSR count). The quantitative estimate of drug-likeness (QED) is 0.594. The Morgan fingerprint density at radius 2 is 1.77 bits per heavy atom. The molecule has 0 saturated carbocycles. The van der Waals surface area contributed by atoms with Gasteiger partial charge in [0, 0.05) is 0 Å². The zero-order chi connectivity index (χ0) is 15.2. The van der Waals surface area contributed by atoms with Gasteiger partial charge in [-0.25, -0.2) is 19.6 Å². The third-order valence-corrected chi connectivity index (χ3v) is 3.99. The van der Waals surface area contributed by atoms with E-state index in [1.54, 1.807) is 0 Å². The minimum absolute atomic E-state index is 0. The normalized spacial score (nSPS) is 15.0. The van der Waals surface area contributed by atoms with Crippen molar-refractivity contribution in [3.63, 3.8) is 0 Å². The van der Waals surface area contributed by atoms with E-state index < -0.39 is 0 Å². The summed E-state index contributed by atoms with van der Waals surface area (Å²) in [6, 6.07) is 17.4. The van der Waals surface area contributed by atoms with Crippen LogP contribution in [0.2, 0.25) is 0 Å². The molecular weight excluding hydrogens is 343 g/mol. The zero-order valence-electron chi connectivity index (χ0n) is 13.5. The molecule has 1 atom stereocenters. The molecule has 0 nitrogen and oxygen atoms in total. The van der Waals surface area contributed by atoms with Crippen LogP contribution in [0.15, 0.2) is 61.2 Å². The Labute approximate surface area is 154 Å². The third-order valence-electron chi connectivity index (χ3n) is 3.99. The summed E-state index contributed by atoms with van der Waals surface area (Å²) in [4.78, 5) is 0. The van der Waals surface area contributed by atoms with Crippen molar-refractivity contribution in [3.8, 4) is 11.1 Å². The first-order valence-electron chi connectivity index (χ1n) is 7.59. The average Bonchev–Trinajstić information content (AvgIpc) is 2.93. The molecule has 0 heterocycles. The molecule has 22 heavy (non-hydrogen) atoms. The number of benzene rings is 2. The molecule has 112 valence electrons. The Hall–Kier alpha value is -1.20. The predicted octanol–water partition coefficient (Wildman–Crippen LogP) is 5.74. The largest absolute Gasteiger partial charge is 2.00 e. The summed E-state index contributed by atoms with van der Waals surface area (Å²) < 4.78 is 0. The molecule has 1 heteroatoms. The molecule has 2 aromatic carbocycles. The van der Waals surface area contributed by atoms with Crippen molar-refractivity contribution in [2.75, 3.05) is 0 Å². The first kappa shape index (κ1) is 18.9. The maximum absolute atomic E-state index is 3.25. The monoisotopic (exact) mass is 366 g/mol. The molecule has 2 aromatic rings. The van der Waals surface area contributed by atoms with Gasteiger partial charge in [0.1, 0.15) is 0 Å². The summed E-state index contributed by atoms with van der Waals surface area (Å²) in [6.45, 7) is 11.1. The van der Waals surface area contributed by atoms with Crippen LogP contribution >= 0.6 is 0 Å². The van der Waals surface area contributed by atoms with Crippen LogP contribution in [-0.2, 0) is 32.6 Å². The molecule has 0 saturated heterocycles. The summed E-state index contributed by atoms with van der Waals surface area (Å²) in [6.07, 6.45) is 5.14. The van der Waals surface area contributed by atoms with Gasteiger partial charge in [0.25, 0.3) is 0 Å². The SMILES string of the molecule is C=C[CH2-].CC(C)C1[CH-]c2cccc(-c3ccccc3)c2C1.[Zr+2]. The molecular formula is C21H24Zr. The average molecular weight is 368 g/mol. The Morgan fingerprint density at radius 1 is 1.14 bits per heavy atom. The molecule has 1 unspecified atom stereocenters. The Morgan fingerprint density at radius 3 is 2.36 bits per heavy atom. The van der Waals surface area contributed by atoms with Crippen molar-refractivity contribution >= 4 is 0 Å². The summed E-state index contributed by atoms with van der Waals surface area (Å²) in [7, 11) is 0. The van der Waals surface area contributed by atoms with E-state index in [2.05, 4.69) is 82.3 Å². The first-order chi connectivity index (χ1) is 10.2. The molecule has 0 bridgehead atoms. The molecule has 1 aliphatic rings. The van der Waals surface area contributed by atoms with Crippen LogP contribution in [0, 0.1) is 25.2 Å². The van der Waals surface area contributed by atoms with Crippen LogP contribution in [0.1, 0.15) is 25.0 Å². The van der Waals surface area contributed by atoms with Crippen molar-refractivity contribution in [2.45, 2.75) is 20.3 Å². The van der Waals surface area contributed by atoms with E-state index in [-0.39, 0.29) is 26.2 Å². The first-order valence-corrected chi connectivity index (χ1v) is 7.59. The van der Waals surface area contributed by atoms with Crippen molar-refractivity contribution in [2.24, 2.45) is 11.8 Å². The minimum atomic E-state index is 0. The van der Waals surface area contributed by atoms with Crippen LogP contribution in [0.25, 0.3) is 11.1 Å². The second-order valence-electron chi connectivity index (χ2n) is 5.81. The fourth-order valence-electron chi connectivity index (χ4n) is 2.83. The molecule has 0 radical (unpaired) electrons. The van der Waals surface area contributed by atoms with E-state index >= 15 is 0 Å². The van der Waals surface area contributed by atoms with Gasteiger partial charge in [-0.2, -0.15) is 18.1 Å².